The van der Waals surface area contributed by atoms with Crippen molar-refractivity contribution in [3.63, 3.8) is 0 Å². The van der Waals surface area contributed by atoms with Gasteiger partial charge in [-0.1, -0.05) is 54.6 Å². The fourth-order valence-electron chi connectivity index (χ4n) is 3.18. The Hall–Kier alpha value is -3.99. The van der Waals surface area contributed by atoms with Crippen LogP contribution in [0.3, 0.4) is 0 Å². The van der Waals surface area contributed by atoms with Gasteiger partial charge in [0.05, 0.1) is 6.20 Å². The summed E-state index contributed by atoms with van der Waals surface area (Å²) >= 11 is 0. The van der Waals surface area contributed by atoms with Crippen LogP contribution in [0.1, 0.15) is 21.5 Å². The van der Waals surface area contributed by atoms with E-state index in [-0.39, 0.29) is 5.91 Å². The lowest BCUT2D eigenvalue weighted by Gasteiger charge is -2.11. The number of nitrogens with one attached hydrogen (secondary N) is 1. The number of hydrogen-bond donors (Lipinski definition) is 1. The second kappa shape index (κ2) is 9.47. The fraction of sp³-hybridized carbons (Fsp3) is 0.0800. The summed E-state index contributed by atoms with van der Waals surface area (Å²) in [6.07, 6.45) is 6.36. The Morgan fingerprint density at radius 2 is 1.70 bits per heavy atom. The zero-order chi connectivity index (χ0) is 20.6. The van der Waals surface area contributed by atoms with Gasteiger partial charge in [-0.25, -0.2) is 4.98 Å². The summed E-state index contributed by atoms with van der Waals surface area (Å²) in [7, 11) is 0. The first-order chi connectivity index (χ1) is 14.8. The lowest BCUT2D eigenvalue weighted by Crippen LogP contribution is -2.14. The SMILES string of the molecule is O=C(Nc1cccc(Oc2cnccn2)c1)c1ccccc1CCc1ccccc1. The molecule has 1 heterocycles. The molecule has 0 aliphatic carbocycles. The maximum atomic E-state index is 12.9. The van der Waals surface area contributed by atoms with Crippen LogP contribution in [0.4, 0.5) is 5.69 Å². The molecule has 5 heteroatoms. The van der Waals surface area contributed by atoms with Crippen LogP contribution < -0.4 is 10.1 Å². The van der Waals surface area contributed by atoms with Crippen molar-refractivity contribution in [3.8, 4) is 11.6 Å². The molecule has 1 amide bonds. The van der Waals surface area contributed by atoms with E-state index < -0.39 is 0 Å². The molecule has 0 spiro atoms. The van der Waals surface area contributed by atoms with E-state index in [1.807, 2.05) is 54.6 Å². The number of hydrogen-bond acceptors (Lipinski definition) is 4. The number of carbonyl (C=O) groups excluding carboxylic acids is 1. The molecule has 0 fully saturated rings. The first-order valence-electron chi connectivity index (χ1n) is 9.75. The molecular formula is C25H21N3O2. The minimum absolute atomic E-state index is 0.143. The van der Waals surface area contributed by atoms with Crippen molar-refractivity contribution in [2.45, 2.75) is 12.8 Å². The summed E-state index contributed by atoms with van der Waals surface area (Å²) in [6.45, 7) is 0. The lowest BCUT2D eigenvalue weighted by atomic mass is 9.99. The summed E-state index contributed by atoms with van der Waals surface area (Å²) in [4.78, 5) is 21.0. The van der Waals surface area contributed by atoms with Gasteiger partial charge in [-0.2, -0.15) is 0 Å². The topological polar surface area (TPSA) is 64.1 Å². The third-order valence-corrected chi connectivity index (χ3v) is 4.64. The van der Waals surface area contributed by atoms with Crippen LogP contribution in [0.15, 0.2) is 97.5 Å². The summed E-state index contributed by atoms with van der Waals surface area (Å²) in [5, 5.41) is 2.97. The predicted molar refractivity (Wildman–Crippen MR) is 117 cm³/mol. The van der Waals surface area contributed by atoms with Crippen LogP contribution in [-0.4, -0.2) is 15.9 Å². The van der Waals surface area contributed by atoms with E-state index in [4.69, 9.17) is 4.74 Å². The molecule has 1 aromatic heterocycles. The van der Waals surface area contributed by atoms with Gasteiger partial charge in [0.2, 0.25) is 5.88 Å². The molecule has 5 nitrogen and oxygen atoms in total. The molecule has 0 radical (unpaired) electrons. The van der Waals surface area contributed by atoms with Gasteiger partial charge in [0.1, 0.15) is 5.75 Å². The second-order valence-electron chi connectivity index (χ2n) is 6.77. The largest absolute Gasteiger partial charge is 0.437 e. The summed E-state index contributed by atoms with van der Waals surface area (Å²) in [5.74, 6) is 0.827. The Bertz CT molecular complexity index is 1120. The molecule has 4 rings (SSSR count). The van der Waals surface area contributed by atoms with E-state index in [2.05, 4.69) is 27.4 Å². The number of aryl methyl sites for hydroxylation is 2. The van der Waals surface area contributed by atoms with Gasteiger partial charge in [0.25, 0.3) is 5.91 Å². The number of amides is 1. The minimum Gasteiger partial charge on any atom is -0.437 e. The summed E-state index contributed by atoms with van der Waals surface area (Å²) in [6, 6.07) is 25.2. The van der Waals surface area contributed by atoms with Crippen molar-refractivity contribution in [3.05, 3.63) is 114 Å². The Labute approximate surface area is 175 Å². The van der Waals surface area contributed by atoms with E-state index >= 15 is 0 Å². The van der Waals surface area contributed by atoms with Gasteiger partial charge in [-0.05, 0) is 42.2 Å². The van der Waals surface area contributed by atoms with Crippen molar-refractivity contribution in [2.75, 3.05) is 5.32 Å². The maximum absolute atomic E-state index is 12.9. The first-order valence-corrected chi connectivity index (χ1v) is 9.75. The third kappa shape index (κ3) is 5.08. The highest BCUT2D eigenvalue weighted by molar-refractivity contribution is 6.05. The average molecular weight is 395 g/mol. The molecule has 3 aromatic carbocycles. The maximum Gasteiger partial charge on any atom is 0.255 e. The third-order valence-electron chi connectivity index (χ3n) is 4.64. The van der Waals surface area contributed by atoms with Gasteiger partial charge < -0.3 is 10.1 Å². The molecular weight excluding hydrogens is 374 g/mol. The van der Waals surface area contributed by atoms with Crippen LogP contribution in [-0.2, 0) is 12.8 Å². The number of aromatic nitrogens is 2. The molecule has 0 atom stereocenters. The smallest absolute Gasteiger partial charge is 0.255 e. The van der Waals surface area contributed by atoms with Crippen LogP contribution >= 0.6 is 0 Å². The average Bonchev–Trinajstić information content (AvgIpc) is 2.79. The van der Waals surface area contributed by atoms with E-state index in [0.717, 1.165) is 18.4 Å². The predicted octanol–water partition coefficient (Wildman–Crippen LogP) is 5.31. The van der Waals surface area contributed by atoms with E-state index in [9.17, 15) is 4.79 Å². The van der Waals surface area contributed by atoms with E-state index in [1.54, 1.807) is 24.5 Å². The number of benzene rings is 3. The Morgan fingerprint density at radius 1 is 0.867 bits per heavy atom. The van der Waals surface area contributed by atoms with Crippen LogP contribution in [0.5, 0.6) is 11.6 Å². The Balaban J connectivity index is 1.46. The normalized spacial score (nSPS) is 10.4. The molecule has 0 saturated heterocycles. The van der Waals surface area contributed by atoms with Crippen LogP contribution in [0.25, 0.3) is 0 Å². The zero-order valence-corrected chi connectivity index (χ0v) is 16.4. The Morgan fingerprint density at radius 3 is 2.53 bits per heavy atom. The van der Waals surface area contributed by atoms with Crippen molar-refractivity contribution in [2.24, 2.45) is 0 Å². The highest BCUT2D eigenvalue weighted by Gasteiger charge is 2.12. The number of rotatable bonds is 7. The molecule has 4 aromatic rings. The van der Waals surface area contributed by atoms with Crippen molar-refractivity contribution in [1.82, 2.24) is 9.97 Å². The van der Waals surface area contributed by atoms with Gasteiger partial charge >= 0.3 is 0 Å². The number of carbonyl (C=O) groups is 1. The van der Waals surface area contributed by atoms with Crippen molar-refractivity contribution < 1.29 is 9.53 Å². The molecule has 0 aliphatic rings. The highest BCUT2D eigenvalue weighted by Crippen LogP contribution is 2.23. The molecule has 30 heavy (non-hydrogen) atoms. The van der Waals surface area contributed by atoms with E-state index in [0.29, 0.717) is 22.9 Å². The van der Waals surface area contributed by atoms with Gasteiger partial charge in [-0.3, -0.25) is 9.78 Å². The minimum atomic E-state index is -0.143. The summed E-state index contributed by atoms with van der Waals surface area (Å²) < 4.78 is 5.69. The van der Waals surface area contributed by atoms with Crippen molar-refractivity contribution in [1.29, 1.82) is 0 Å². The van der Waals surface area contributed by atoms with Crippen LogP contribution in [0.2, 0.25) is 0 Å². The molecule has 1 N–H and O–H groups in total. The summed E-state index contributed by atoms with van der Waals surface area (Å²) in [5.41, 5.74) is 3.60. The monoisotopic (exact) mass is 395 g/mol. The second-order valence-corrected chi connectivity index (χ2v) is 6.77. The fourth-order valence-corrected chi connectivity index (χ4v) is 3.18. The Kier molecular flexibility index (Phi) is 6.11. The van der Waals surface area contributed by atoms with Gasteiger partial charge in [0, 0.05) is 29.7 Å². The van der Waals surface area contributed by atoms with E-state index in [1.165, 1.54) is 11.8 Å². The number of nitrogens with zero attached hydrogens (tertiary/aromatic N) is 2. The first kappa shape index (κ1) is 19.3. The molecule has 0 unspecified atom stereocenters. The quantitative estimate of drug-likeness (QED) is 0.461. The van der Waals surface area contributed by atoms with Crippen molar-refractivity contribution >= 4 is 11.6 Å². The van der Waals surface area contributed by atoms with Crippen LogP contribution in [0, 0.1) is 0 Å². The van der Waals surface area contributed by atoms with Gasteiger partial charge in [0.15, 0.2) is 0 Å². The standard InChI is InChI=1S/C25H21N3O2/c29-25(23-12-5-4-9-20(23)14-13-19-7-2-1-3-8-19)28-21-10-6-11-22(17-21)30-24-18-26-15-16-27-24/h1-12,15-18H,13-14H2,(H,28,29). The molecule has 0 aliphatic heterocycles. The molecule has 148 valence electrons. The highest BCUT2D eigenvalue weighted by atomic mass is 16.5. The molecule has 0 bridgehead atoms. The number of anilines is 1. The van der Waals surface area contributed by atoms with Gasteiger partial charge in [-0.15, -0.1) is 0 Å². The number of ether oxygens (including phenoxy) is 1. The molecule has 0 saturated carbocycles. The lowest BCUT2D eigenvalue weighted by molar-refractivity contribution is 0.102. The zero-order valence-electron chi connectivity index (χ0n) is 16.4.